The van der Waals surface area contributed by atoms with Crippen molar-refractivity contribution in [1.29, 1.82) is 0 Å². The van der Waals surface area contributed by atoms with Crippen LogP contribution in [0.25, 0.3) is 0 Å². The summed E-state index contributed by atoms with van der Waals surface area (Å²) in [7, 11) is 0. The van der Waals surface area contributed by atoms with Crippen molar-refractivity contribution in [2.45, 2.75) is 51.8 Å². The number of aromatic nitrogens is 1. The van der Waals surface area contributed by atoms with Crippen LogP contribution in [0.1, 0.15) is 48.6 Å². The van der Waals surface area contributed by atoms with Gasteiger partial charge in [-0.1, -0.05) is 32.9 Å². The minimum atomic E-state index is -4.49. The van der Waals surface area contributed by atoms with E-state index in [2.05, 4.69) is 11.9 Å². The first-order valence-corrected chi connectivity index (χ1v) is 11.9. The third-order valence-electron chi connectivity index (χ3n) is 6.81. The summed E-state index contributed by atoms with van der Waals surface area (Å²) in [6.45, 7) is 6.00. The number of carboxylic acid groups (broad SMARTS) is 1. The molecule has 5 rings (SSSR count). The summed E-state index contributed by atoms with van der Waals surface area (Å²) in [4.78, 5) is 14.3. The number of anilines is 2. The molecular weight excluding hydrogens is 488 g/mol. The lowest BCUT2D eigenvalue weighted by atomic mass is 9.86. The van der Waals surface area contributed by atoms with Crippen molar-refractivity contribution in [3.63, 3.8) is 0 Å². The van der Waals surface area contributed by atoms with Crippen LogP contribution in [0.3, 0.4) is 0 Å². The lowest BCUT2D eigenvalue weighted by Crippen LogP contribution is -2.26. The molecule has 1 aromatic heterocycles. The zero-order chi connectivity index (χ0) is 27.0. The molecule has 0 radical (unpaired) electrons. The molecule has 1 N–H and O–H groups in total. The predicted molar refractivity (Wildman–Crippen MR) is 132 cm³/mol. The zero-order valence-electron chi connectivity index (χ0n) is 20.8. The molecule has 0 bridgehead atoms. The van der Waals surface area contributed by atoms with Gasteiger partial charge in [0.1, 0.15) is 12.4 Å². The van der Waals surface area contributed by atoms with E-state index in [1.807, 2.05) is 26.1 Å². The fourth-order valence-electron chi connectivity index (χ4n) is 5.14. The molecule has 0 spiro atoms. The highest BCUT2D eigenvalue weighted by Crippen LogP contribution is 2.48. The normalized spacial score (nSPS) is 17.5. The fourth-order valence-corrected chi connectivity index (χ4v) is 5.14. The Morgan fingerprint density at radius 3 is 2.51 bits per heavy atom. The molecule has 196 valence electrons. The van der Waals surface area contributed by atoms with E-state index < -0.39 is 23.0 Å². The summed E-state index contributed by atoms with van der Waals surface area (Å²) in [5.74, 6) is 0.551. The molecule has 37 heavy (non-hydrogen) atoms. The first kappa shape index (κ1) is 26.4. The number of carbonyl (C=O) groups is 1. The van der Waals surface area contributed by atoms with E-state index in [0.717, 1.165) is 18.9 Å². The highest BCUT2D eigenvalue weighted by Gasteiger charge is 2.41. The van der Waals surface area contributed by atoms with Crippen LogP contribution in [0.5, 0.6) is 5.88 Å². The van der Waals surface area contributed by atoms with Crippen molar-refractivity contribution in [3.8, 4) is 5.88 Å². The van der Waals surface area contributed by atoms with Gasteiger partial charge in [0.05, 0.1) is 11.3 Å². The average Bonchev–Trinajstić information content (AvgIpc) is 3.32. The number of hydrogen-bond acceptors (Lipinski definition) is 4. The van der Waals surface area contributed by atoms with Crippen molar-refractivity contribution < 1.29 is 32.2 Å². The maximum absolute atomic E-state index is 15.1. The molecule has 5 nitrogen and oxygen atoms in total. The first-order chi connectivity index (χ1) is 17.4. The fraction of sp³-hybridized carbons (Fsp3) is 0.357. The van der Waals surface area contributed by atoms with Gasteiger partial charge in [-0.05, 0) is 59.7 Å². The van der Waals surface area contributed by atoms with E-state index in [4.69, 9.17) is 14.6 Å². The van der Waals surface area contributed by atoms with Crippen molar-refractivity contribution in [2.24, 2.45) is 5.92 Å². The number of halogens is 4. The second kappa shape index (κ2) is 10.0. The molecule has 1 atom stereocenters. The number of para-hydroxylation sites is 1. The van der Waals surface area contributed by atoms with Crippen LogP contribution in [0.2, 0.25) is 0 Å². The van der Waals surface area contributed by atoms with Crippen molar-refractivity contribution in [1.82, 2.24) is 4.98 Å². The Labute approximate surface area is 212 Å². The number of hydrogen-bond donors (Lipinski definition) is 1. The van der Waals surface area contributed by atoms with Gasteiger partial charge in [-0.25, -0.2) is 9.37 Å². The molecule has 2 aromatic carbocycles. The van der Waals surface area contributed by atoms with E-state index in [1.54, 1.807) is 17.0 Å². The topological polar surface area (TPSA) is 62.7 Å². The molecular formula is C28H28F4N2O3. The summed E-state index contributed by atoms with van der Waals surface area (Å²) in [6, 6.07) is 10.5. The van der Waals surface area contributed by atoms with E-state index >= 15 is 4.39 Å². The smallest absolute Gasteiger partial charge is 0.418 e. The van der Waals surface area contributed by atoms with Crippen LogP contribution >= 0.6 is 0 Å². The highest BCUT2D eigenvalue weighted by molar-refractivity contribution is 5.75. The molecule has 0 saturated carbocycles. The number of benzene rings is 2. The predicted octanol–water partition coefficient (Wildman–Crippen LogP) is 6.68. The lowest BCUT2D eigenvalue weighted by Gasteiger charge is -2.25. The molecule has 9 heteroatoms. The van der Waals surface area contributed by atoms with Crippen LogP contribution in [0.15, 0.2) is 48.7 Å². The van der Waals surface area contributed by atoms with Gasteiger partial charge in [-0.15, -0.1) is 0 Å². The molecule has 0 fully saturated rings. The molecule has 1 aliphatic heterocycles. The minimum absolute atomic E-state index is 0.0599. The van der Waals surface area contributed by atoms with E-state index in [0.29, 0.717) is 29.6 Å². The number of alkyl halides is 3. The minimum Gasteiger partial charge on any atom is -0.483 e. The van der Waals surface area contributed by atoms with Gasteiger partial charge in [0.2, 0.25) is 5.88 Å². The number of rotatable bonds is 4. The monoisotopic (exact) mass is 516 g/mol. The summed E-state index contributed by atoms with van der Waals surface area (Å²) in [5, 5.41) is 6.89. The highest BCUT2D eigenvalue weighted by atomic mass is 19.4. The summed E-state index contributed by atoms with van der Waals surface area (Å²) in [5.41, 5.74) is 2.77. The molecule has 1 unspecified atom stereocenters. The maximum atomic E-state index is 15.1. The Morgan fingerprint density at radius 1 is 1.14 bits per heavy atom. The van der Waals surface area contributed by atoms with Crippen LogP contribution in [-0.2, 0) is 35.8 Å². The van der Waals surface area contributed by atoms with Crippen LogP contribution in [0, 0.1) is 11.7 Å². The Hall–Kier alpha value is -3.62. The molecule has 3 aromatic rings. The Morgan fingerprint density at radius 2 is 1.81 bits per heavy atom. The number of ether oxygens (including phenoxy) is 1. The zero-order valence-corrected chi connectivity index (χ0v) is 20.8. The number of fused-ring (bicyclic) bond motifs is 2. The van der Waals surface area contributed by atoms with Crippen LogP contribution < -0.4 is 9.64 Å². The third kappa shape index (κ3) is 5.40. The molecule has 2 heterocycles. The third-order valence-corrected chi connectivity index (χ3v) is 6.81. The summed E-state index contributed by atoms with van der Waals surface area (Å²) >= 11 is 0. The second-order valence-electron chi connectivity index (χ2n) is 10.1. The van der Waals surface area contributed by atoms with Gasteiger partial charge in [-0.3, -0.25) is 4.79 Å². The lowest BCUT2D eigenvalue weighted by molar-refractivity contribution is -0.137. The Kier molecular flexibility index (Phi) is 7.17. The Balaban J connectivity index is 0.00000102. The Bertz CT molecular complexity index is 1310. The van der Waals surface area contributed by atoms with Crippen molar-refractivity contribution in [3.05, 3.63) is 82.3 Å². The van der Waals surface area contributed by atoms with Crippen LogP contribution in [-0.4, -0.2) is 23.1 Å². The van der Waals surface area contributed by atoms with Gasteiger partial charge >= 0.3 is 6.18 Å². The van der Waals surface area contributed by atoms with Crippen molar-refractivity contribution >= 4 is 17.8 Å². The molecule has 0 amide bonds. The van der Waals surface area contributed by atoms with Crippen LogP contribution in [0.4, 0.5) is 28.9 Å². The van der Waals surface area contributed by atoms with Gasteiger partial charge in [-0.2, -0.15) is 13.2 Å². The number of pyridine rings is 1. The summed E-state index contributed by atoms with van der Waals surface area (Å²) < 4.78 is 62.1. The van der Waals surface area contributed by atoms with E-state index in [1.165, 1.54) is 29.3 Å². The standard InChI is InChI=1S/C27H26F4N2O.CH2O2/c1-16-8-17-11-25(32-13-18(17)9-16)34-14-19-10-24-21(12-22(19)28)26(2,3)15-33(24)23-7-5-4-6-20(23)27(29,30)31;2-1-3/h4-7,10-13,16H,8-9,14-15H2,1-3H3;1H,(H,2,3). The SMILES string of the molecule is CC1Cc2cnc(OCc3cc4c(cc3F)C(C)(C)CN4c3ccccc3C(F)(F)F)cc2C1.O=CO. The van der Waals surface area contributed by atoms with E-state index in [9.17, 15) is 13.2 Å². The molecule has 0 saturated heterocycles. The van der Waals surface area contributed by atoms with Gasteiger partial charge in [0.15, 0.2) is 0 Å². The second-order valence-corrected chi connectivity index (χ2v) is 10.1. The summed E-state index contributed by atoms with van der Waals surface area (Å²) in [6.07, 6.45) is -0.727. The maximum Gasteiger partial charge on any atom is 0.418 e. The number of nitrogens with zero attached hydrogens (tertiary/aromatic N) is 2. The van der Waals surface area contributed by atoms with Gasteiger partial charge < -0.3 is 14.7 Å². The van der Waals surface area contributed by atoms with Crippen molar-refractivity contribution in [2.75, 3.05) is 11.4 Å². The first-order valence-electron chi connectivity index (χ1n) is 11.9. The van der Waals surface area contributed by atoms with E-state index in [-0.39, 0.29) is 24.3 Å². The quantitative estimate of drug-likeness (QED) is 0.310. The molecule has 2 aliphatic rings. The van der Waals surface area contributed by atoms with Gasteiger partial charge in [0, 0.05) is 35.5 Å². The largest absolute Gasteiger partial charge is 0.483 e. The average molecular weight is 517 g/mol. The molecule has 1 aliphatic carbocycles. The van der Waals surface area contributed by atoms with Gasteiger partial charge in [0.25, 0.3) is 6.47 Å².